The van der Waals surface area contributed by atoms with E-state index in [1.54, 1.807) is 18.4 Å². The number of aromatic nitrogens is 1. The van der Waals surface area contributed by atoms with Gasteiger partial charge in [0.2, 0.25) is 5.91 Å². The van der Waals surface area contributed by atoms with Gasteiger partial charge in [-0.25, -0.2) is 4.98 Å². The minimum atomic E-state index is -0.0322. The van der Waals surface area contributed by atoms with Crippen molar-refractivity contribution >= 4 is 38.3 Å². The van der Waals surface area contributed by atoms with E-state index < -0.39 is 0 Å². The van der Waals surface area contributed by atoms with E-state index in [0.717, 1.165) is 57.3 Å². The number of carbonyl (C=O) groups excluding carboxylic acids is 1. The normalized spacial score (nSPS) is 17.0. The van der Waals surface area contributed by atoms with Crippen LogP contribution in [0.2, 0.25) is 0 Å². The van der Waals surface area contributed by atoms with Crippen LogP contribution in [-0.2, 0) is 4.79 Å². The summed E-state index contributed by atoms with van der Waals surface area (Å²) in [5.74, 6) is 0.906. The molecule has 2 heterocycles. The molecule has 0 spiro atoms. The van der Waals surface area contributed by atoms with Crippen LogP contribution in [0.3, 0.4) is 0 Å². The van der Waals surface area contributed by atoms with Crippen molar-refractivity contribution in [1.82, 2.24) is 4.98 Å². The van der Waals surface area contributed by atoms with Crippen LogP contribution in [0, 0.1) is 19.8 Å². The number of amides is 1. The van der Waals surface area contributed by atoms with Gasteiger partial charge in [0.05, 0.1) is 23.2 Å². The zero-order valence-electron chi connectivity index (χ0n) is 16.5. The van der Waals surface area contributed by atoms with Crippen molar-refractivity contribution < 1.29 is 9.53 Å². The lowest BCUT2D eigenvalue weighted by atomic mass is 9.97. The molecule has 1 N–H and O–H groups in total. The molecule has 0 aliphatic carbocycles. The number of ether oxygens (including phenoxy) is 1. The number of carbonyl (C=O) groups is 1. The topological polar surface area (TPSA) is 54.5 Å². The van der Waals surface area contributed by atoms with Crippen LogP contribution >= 0.6 is 11.3 Å². The number of hydrogen-bond donors (Lipinski definition) is 1. The van der Waals surface area contributed by atoms with Crippen molar-refractivity contribution in [2.45, 2.75) is 26.7 Å². The number of nitrogens with one attached hydrogen (secondary N) is 1. The summed E-state index contributed by atoms with van der Waals surface area (Å²) in [5, 5.41) is 4.11. The van der Waals surface area contributed by atoms with Crippen molar-refractivity contribution in [1.29, 1.82) is 0 Å². The second-order valence-corrected chi connectivity index (χ2v) is 8.43. The number of benzene rings is 2. The smallest absolute Gasteiger partial charge is 0.229 e. The molecule has 146 valence electrons. The summed E-state index contributed by atoms with van der Waals surface area (Å²) in [6.07, 6.45) is 1.90. The molecule has 1 aromatic heterocycles. The fraction of sp³-hybridized carbons (Fsp3) is 0.364. The summed E-state index contributed by atoms with van der Waals surface area (Å²) in [6, 6.07) is 12.1. The third-order valence-electron chi connectivity index (χ3n) is 5.30. The number of aryl methyl sites for hydroxylation is 2. The Labute approximate surface area is 169 Å². The molecule has 6 heteroatoms. The van der Waals surface area contributed by atoms with Crippen LogP contribution in [0.4, 0.5) is 10.8 Å². The molecule has 4 rings (SSSR count). The highest BCUT2D eigenvalue weighted by Gasteiger charge is 2.27. The Bertz CT molecular complexity index is 1010. The van der Waals surface area contributed by atoms with Gasteiger partial charge in [0.1, 0.15) is 5.75 Å². The minimum absolute atomic E-state index is 0.0322. The minimum Gasteiger partial charge on any atom is -0.497 e. The summed E-state index contributed by atoms with van der Waals surface area (Å²) in [4.78, 5) is 19.9. The largest absolute Gasteiger partial charge is 0.497 e. The number of thiazole rings is 1. The summed E-state index contributed by atoms with van der Waals surface area (Å²) < 4.78 is 6.42. The van der Waals surface area contributed by atoms with Gasteiger partial charge in [0.25, 0.3) is 0 Å². The van der Waals surface area contributed by atoms with Crippen molar-refractivity contribution in [2.24, 2.45) is 5.92 Å². The van der Waals surface area contributed by atoms with E-state index >= 15 is 0 Å². The molecule has 1 aliphatic heterocycles. The highest BCUT2D eigenvalue weighted by molar-refractivity contribution is 7.22. The Morgan fingerprint density at radius 2 is 2.11 bits per heavy atom. The first kappa shape index (κ1) is 18.7. The van der Waals surface area contributed by atoms with Crippen molar-refractivity contribution in [3.63, 3.8) is 0 Å². The van der Waals surface area contributed by atoms with E-state index in [2.05, 4.69) is 16.3 Å². The van der Waals surface area contributed by atoms with E-state index in [9.17, 15) is 4.79 Å². The fourth-order valence-corrected chi connectivity index (χ4v) is 4.65. The van der Waals surface area contributed by atoms with Gasteiger partial charge in [-0.1, -0.05) is 23.5 Å². The maximum absolute atomic E-state index is 12.9. The molecule has 0 saturated carbocycles. The Kier molecular flexibility index (Phi) is 5.22. The van der Waals surface area contributed by atoms with Gasteiger partial charge in [-0.05, 0) is 62.1 Å². The summed E-state index contributed by atoms with van der Waals surface area (Å²) in [7, 11) is 1.67. The second-order valence-electron chi connectivity index (χ2n) is 7.42. The molecular weight excluding hydrogens is 370 g/mol. The van der Waals surface area contributed by atoms with Gasteiger partial charge in [-0.15, -0.1) is 0 Å². The number of rotatable bonds is 4. The molecular formula is C22H25N3O2S. The predicted molar refractivity (Wildman–Crippen MR) is 116 cm³/mol. The first-order valence-corrected chi connectivity index (χ1v) is 10.4. The van der Waals surface area contributed by atoms with E-state index in [1.807, 2.05) is 44.2 Å². The lowest BCUT2D eigenvalue weighted by Gasteiger charge is -2.31. The monoisotopic (exact) mass is 395 g/mol. The third-order valence-corrected chi connectivity index (χ3v) is 6.38. The van der Waals surface area contributed by atoms with Gasteiger partial charge < -0.3 is 15.0 Å². The summed E-state index contributed by atoms with van der Waals surface area (Å²) in [6.45, 7) is 5.70. The first-order chi connectivity index (χ1) is 13.5. The van der Waals surface area contributed by atoms with Gasteiger partial charge in [-0.3, -0.25) is 4.79 Å². The number of methoxy groups -OCH3 is 1. The van der Waals surface area contributed by atoms with E-state index in [-0.39, 0.29) is 11.8 Å². The van der Waals surface area contributed by atoms with Crippen LogP contribution in [0.5, 0.6) is 5.75 Å². The SMILES string of the molecule is COc1ccc2nc(N3CCCC(C(=O)Nc4cc(C)ccc4C)C3)sc2c1. The molecule has 1 aliphatic rings. The van der Waals surface area contributed by atoms with Crippen LogP contribution in [0.1, 0.15) is 24.0 Å². The zero-order chi connectivity index (χ0) is 19.7. The highest BCUT2D eigenvalue weighted by Crippen LogP contribution is 2.33. The maximum atomic E-state index is 12.9. The van der Waals surface area contributed by atoms with Crippen molar-refractivity contribution in [3.8, 4) is 5.75 Å². The van der Waals surface area contributed by atoms with Crippen molar-refractivity contribution in [2.75, 3.05) is 30.4 Å². The molecule has 2 aromatic carbocycles. The molecule has 1 amide bonds. The fourth-order valence-electron chi connectivity index (χ4n) is 3.63. The number of nitrogens with zero attached hydrogens (tertiary/aromatic N) is 2. The predicted octanol–water partition coefficient (Wildman–Crippen LogP) is 4.78. The second kappa shape index (κ2) is 7.80. The molecule has 28 heavy (non-hydrogen) atoms. The molecule has 1 atom stereocenters. The summed E-state index contributed by atoms with van der Waals surface area (Å²) in [5.41, 5.74) is 4.12. The molecule has 5 nitrogen and oxygen atoms in total. The van der Waals surface area contributed by atoms with Crippen LogP contribution in [0.25, 0.3) is 10.2 Å². The molecule has 1 saturated heterocycles. The van der Waals surface area contributed by atoms with Gasteiger partial charge >= 0.3 is 0 Å². The van der Waals surface area contributed by atoms with Crippen molar-refractivity contribution in [3.05, 3.63) is 47.5 Å². The molecule has 0 radical (unpaired) electrons. The van der Waals surface area contributed by atoms with Crippen LogP contribution < -0.4 is 15.0 Å². The van der Waals surface area contributed by atoms with Crippen LogP contribution in [-0.4, -0.2) is 31.1 Å². The summed E-state index contributed by atoms with van der Waals surface area (Å²) >= 11 is 1.66. The number of hydrogen-bond acceptors (Lipinski definition) is 5. The van der Waals surface area contributed by atoms with E-state index in [4.69, 9.17) is 9.72 Å². The average Bonchev–Trinajstić information content (AvgIpc) is 3.14. The zero-order valence-corrected chi connectivity index (χ0v) is 17.3. The van der Waals surface area contributed by atoms with E-state index in [0.29, 0.717) is 6.54 Å². The Hall–Kier alpha value is -2.60. The highest BCUT2D eigenvalue weighted by atomic mass is 32.1. The Morgan fingerprint density at radius 1 is 1.25 bits per heavy atom. The average molecular weight is 396 g/mol. The van der Waals surface area contributed by atoms with Gasteiger partial charge in [-0.2, -0.15) is 0 Å². The quantitative estimate of drug-likeness (QED) is 0.691. The lowest BCUT2D eigenvalue weighted by Crippen LogP contribution is -2.40. The molecule has 1 unspecified atom stereocenters. The van der Waals surface area contributed by atoms with E-state index in [1.165, 1.54) is 0 Å². The molecule has 1 fully saturated rings. The number of anilines is 2. The first-order valence-electron chi connectivity index (χ1n) is 9.61. The lowest BCUT2D eigenvalue weighted by molar-refractivity contribution is -0.120. The Balaban J connectivity index is 1.49. The Morgan fingerprint density at radius 3 is 2.93 bits per heavy atom. The standard InChI is InChI=1S/C22H25N3O2S/c1-14-6-7-15(2)19(11-14)23-21(26)16-5-4-10-25(13-16)22-24-18-9-8-17(27-3)12-20(18)28-22/h6-9,11-12,16H,4-5,10,13H2,1-3H3,(H,23,26). The molecule has 3 aromatic rings. The molecule has 0 bridgehead atoms. The van der Waals surface area contributed by atoms with Gasteiger partial charge in [0, 0.05) is 18.8 Å². The van der Waals surface area contributed by atoms with Gasteiger partial charge in [0.15, 0.2) is 5.13 Å². The number of piperidine rings is 1. The number of fused-ring (bicyclic) bond motifs is 1. The third kappa shape index (κ3) is 3.83. The van der Waals surface area contributed by atoms with Crippen LogP contribution in [0.15, 0.2) is 36.4 Å². The maximum Gasteiger partial charge on any atom is 0.229 e.